The molecule has 19 heavy (non-hydrogen) atoms. The van der Waals surface area contributed by atoms with Crippen LogP contribution in [0.3, 0.4) is 0 Å². The highest BCUT2D eigenvalue weighted by Crippen LogP contribution is 2.19. The highest BCUT2D eigenvalue weighted by molar-refractivity contribution is 5.91. The summed E-state index contributed by atoms with van der Waals surface area (Å²) >= 11 is 0. The van der Waals surface area contributed by atoms with Gasteiger partial charge in [-0.15, -0.1) is 0 Å². The second kappa shape index (κ2) is 5.24. The van der Waals surface area contributed by atoms with Crippen LogP contribution in [0.5, 0.6) is 0 Å². The lowest BCUT2D eigenvalue weighted by Crippen LogP contribution is -2.36. The molecular formula is C14H18N4O. The number of aromatic nitrogens is 2. The molecule has 0 atom stereocenters. The van der Waals surface area contributed by atoms with Gasteiger partial charge in [0.1, 0.15) is 0 Å². The molecular weight excluding hydrogens is 240 g/mol. The van der Waals surface area contributed by atoms with E-state index in [9.17, 15) is 4.79 Å². The zero-order valence-corrected chi connectivity index (χ0v) is 11.1. The first kappa shape index (κ1) is 13.3. The summed E-state index contributed by atoms with van der Waals surface area (Å²) in [5.41, 5.74) is 8.04. The summed E-state index contributed by atoms with van der Waals surface area (Å²) in [5, 5.41) is 2.83. The molecule has 2 aromatic rings. The van der Waals surface area contributed by atoms with Crippen molar-refractivity contribution in [2.45, 2.75) is 25.8 Å². The standard InChI is InChI=1S/C14H18N4O/c1-14(2,15)7-13(19)18-11-5-3-10(4-6-11)12-8-16-9-17-12/h3-6,8-9H,7,15H2,1-2H3,(H,16,17)(H,18,19). The lowest BCUT2D eigenvalue weighted by molar-refractivity contribution is -0.117. The SMILES string of the molecule is CC(C)(N)CC(=O)Nc1ccc(-c2cnc[nH]2)cc1. The predicted molar refractivity (Wildman–Crippen MR) is 75.5 cm³/mol. The van der Waals surface area contributed by atoms with E-state index in [0.717, 1.165) is 16.9 Å². The van der Waals surface area contributed by atoms with Crippen LogP contribution in [0.15, 0.2) is 36.8 Å². The quantitative estimate of drug-likeness (QED) is 0.785. The van der Waals surface area contributed by atoms with Gasteiger partial charge in [0, 0.05) is 17.6 Å². The summed E-state index contributed by atoms with van der Waals surface area (Å²) < 4.78 is 0. The summed E-state index contributed by atoms with van der Waals surface area (Å²) in [6, 6.07) is 7.57. The normalized spacial score (nSPS) is 11.3. The number of nitrogens with two attached hydrogens (primary N) is 1. The average Bonchev–Trinajstić information content (AvgIpc) is 2.80. The van der Waals surface area contributed by atoms with E-state index in [-0.39, 0.29) is 12.3 Å². The number of imidazole rings is 1. The molecule has 0 fully saturated rings. The molecule has 1 amide bonds. The van der Waals surface area contributed by atoms with Crippen LogP contribution in [0, 0.1) is 0 Å². The number of H-pyrrole nitrogens is 1. The predicted octanol–water partition coefficient (Wildman–Crippen LogP) is 2.14. The first-order valence-corrected chi connectivity index (χ1v) is 6.12. The van der Waals surface area contributed by atoms with Gasteiger partial charge in [0.05, 0.1) is 18.2 Å². The number of anilines is 1. The molecule has 1 aromatic heterocycles. The minimum atomic E-state index is -0.500. The van der Waals surface area contributed by atoms with Gasteiger partial charge in [-0.05, 0) is 31.5 Å². The first-order chi connectivity index (χ1) is 8.94. The van der Waals surface area contributed by atoms with Crippen molar-refractivity contribution in [3.63, 3.8) is 0 Å². The number of amides is 1. The van der Waals surface area contributed by atoms with Crippen molar-refractivity contribution >= 4 is 11.6 Å². The Morgan fingerprint density at radius 3 is 2.58 bits per heavy atom. The van der Waals surface area contributed by atoms with E-state index < -0.39 is 5.54 Å². The largest absolute Gasteiger partial charge is 0.345 e. The van der Waals surface area contributed by atoms with Gasteiger partial charge in [0.15, 0.2) is 0 Å². The summed E-state index contributed by atoms with van der Waals surface area (Å²) in [7, 11) is 0. The maximum Gasteiger partial charge on any atom is 0.226 e. The van der Waals surface area contributed by atoms with Gasteiger partial charge in [-0.25, -0.2) is 4.98 Å². The summed E-state index contributed by atoms with van der Waals surface area (Å²) in [6.07, 6.45) is 3.67. The third-order valence-corrected chi connectivity index (χ3v) is 2.59. The Hall–Kier alpha value is -2.14. The molecule has 0 saturated heterocycles. The topological polar surface area (TPSA) is 83.8 Å². The van der Waals surface area contributed by atoms with Crippen molar-refractivity contribution in [2.75, 3.05) is 5.32 Å². The lowest BCUT2D eigenvalue weighted by atomic mass is 10.0. The van der Waals surface area contributed by atoms with Gasteiger partial charge in [-0.1, -0.05) is 12.1 Å². The van der Waals surface area contributed by atoms with Crippen LogP contribution in [0.25, 0.3) is 11.3 Å². The van der Waals surface area contributed by atoms with Crippen LogP contribution in [0.4, 0.5) is 5.69 Å². The Labute approximate surface area is 112 Å². The van der Waals surface area contributed by atoms with Crippen LogP contribution >= 0.6 is 0 Å². The van der Waals surface area contributed by atoms with Gasteiger partial charge in [-0.3, -0.25) is 4.79 Å². The fourth-order valence-electron chi connectivity index (χ4n) is 1.77. The third-order valence-electron chi connectivity index (χ3n) is 2.59. The summed E-state index contributed by atoms with van der Waals surface area (Å²) in [5.74, 6) is -0.0817. The Kier molecular flexibility index (Phi) is 3.66. The minimum absolute atomic E-state index is 0.0817. The monoisotopic (exact) mass is 258 g/mol. The molecule has 0 bridgehead atoms. The van der Waals surface area contributed by atoms with E-state index in [2.05, 4.69) is 15.3 Å². The molecule has 0 aliphatic carbocycles. The number of aromatic amines is 1. The second-order valence-electron chi connectivity index (χ2n) is 5.26. The van der Waals surface area contributed by atoms with Crippen molar-refractivity contribution in [1.82, 2.24) is 9.97 Å². The van der Waals surface area contributed by atoms with Crippen molar-refractivity contribution < 1.29 is 4.79 Å². The highest BCUT2D eigenvalue weighted by Gasteiger charge is 2.16. The fourth-order valence-corrected chi connectivity index (χ4v) is 1.77. The molecule has 2 rings (SSSR count). The third kappa shape index (κ3) is 3.93. The molecule has 100 valence electrons. The second-order valence-corrected chi connectivity index (χ2v) is 5.26. The summed E-state index contributed by atoms with van der Waals surface area (Å²) in [4.78, 5) is 18.7. The molecule has 0 unspecified atom stereocenters. The van der Waals surface area contributed by atoms with Crippen molar-refractivity contribution in [3.8, 4) is 11.3 Å². The Morgan fingerprint density at radius 1 is 1.37 bits per heavy atom. The fraction of sp³-hybridized carbons (Fsp3) is 0.286. The molecule has 4 N–H and O–H groups in total. The van der Waals surface area contributed by atoms with Crippen LogP contribution < -0.4 is 11.1 Å². The molecule has 0 aliphatic heterocycles. The molecule has 0 aliphatic rings. The smallest absolute Gasteiger partial charge is 0.226 e. The highest BCUT2D eigenvalue weighted by atomic mass is 16.1. The zero-order valence-electron chi connectivity index (χ0n) is 11.1. The van der Waals surface area contributed by atoms with E-state index in [1.807, 2.05) is 38.1 Å². The van der Waals surface area contributed by atoms with Crippen molar-refractivity contribution in [1.29, 1.82) is 0 Å². The van der Waals surface area contributed by atoms with Crippen LogP contribution in [0.2, 0.25) is 0 Å². The van der Waals surface area contributed by atoms with Crippen LogP contribution in [-0.2, 0) is 4.79 Å². The number of carbonyl (C=O) groups excluding carboxylic acids is 1. The van der Waals surface area contributed by atoms with E-state index in [4.69, 9.17) is 5.73 Å². The number of benzene rings is 1. The molecule has 5 nitrogen and oxygen atoms in total. The maximum atomic E-state index is 11.7. The van der Waals surface area contributed by atoms with Crippen LogP contribution in [-0.4, -0.2) is 21.4 Å². The Bertz CT molecular complexity index is 538. The Balaban J connectivity index is 2.01. The first-order valence-electron chi connectivity index (χ1n) is 6.12. The molecule has 0 saturated carbocycles. The zero-order chi connectivity index (χ0) is 13.9. The van der Waals surface area contributed by atoms with Gasteiger partial charge < -0.3 is 16.0 Å². The van der Waals surface area contributed by atoms with E-state index >= 15 is 0 Å². The van der Waals surface area contributed by atoms with Crippen molar-refractivity contribution in [3.05, 3.63) is 36.8 Å². The molecule has 5 heteroatoms. The van der Waals surface area contributed by atoms with Gasteiger partial charge >= 0.3 is 0 Å². The van der Waals surface area contributed by atoms with Gasteiger partial charge in [-0.2, -0.15) is 0 Å². The number of nitrogens with one attached hydrogen (secondary N) is 2. The van der Waals surface area contributed by atoms with E-state index in [0.29, 0.717) is 0 Å². The molecule has 0 radical (unpaired) electrons. The van der Waals surface area contributed by atoms with Crippen LogP contribution in [0.1, 0.15) is 20.3 Å². The average molecular weight is 258 g/mol. The summed E-state index contributed by atoms with van der Waals surface area (Å²) in [6.45, 7) is 3.65. The number of carbonyl (C=O) groups is 1. The number of hydrogen-bond donors (Lipinski definition) is 3. The number of nitrogens with zero attached hydrogens (tertiary/aromatic N) is 1. The lowest BCUT2D eigenvalue weighted by Gasteiger charge is -2.17. The van der Waals surface area contributed by atoms with Crippen molar-refractivity contribution in [2.24, 2.45) is 5.73 Å². The van der Waals surface area contributed by atoms with E-state index in [1.54, 1.807) is 12.5 Å². The molecule has 1 aromatic carbocycles. The minimum Gasteiger partial charge on any atom is -0.345 e. The number of rotatable bonds is 4. The molecule has 1 heterocycles. The molecule has 0 spiro atoms. The number of hydrogen-bond acceptors (Lipinski definition) is 3. The Morgan fingerprint density at radius 2 is 2.05 bits per heavy atom. The van der Waals surface area contributed by atoms with Gasteiger partial charge in [0.25, 0.3) is 0 Å². The maximum absolute atomic E-state index is 11.7. The van der Waals surface area contributed by atoms with E-state index in [1.165, 1.54) is 0 Å². The van der Waals surface area contributed by atoms with Gasteiger partial charge in [0.2, 0.25) is 5.91 Å².